The SMILES string of the molecule is CCNC(c1cccc(F)c1F)C1CCC(C)CC1. The summed E-state index contributed by atoms with van der Waals surface area (Å²) in [7, 11) is 0. The first-order chi connectivity index (χ1) is 9.13. The fourth-order valence-electron chi connectivity index (χ4n) is 3.13. The Kier molecular flexibility index (Phi) is 4.92. The summed E-state index contributed by atoms with van der Waals surface area (Å²) in [5.41, 5.74) is 0.487. The molecule has 0 heterocycles. The van der Waals surface area contributed by atoms with Gasteiger partial charge in [0, 0.05) is 11.6 Å². The minimum atomic E-state index is -0.746. The maximum atomic E-state index is 14.0. The Hall–Kier alpha value is -0.960. The van der Waals surface area contributed by atoms with E-state index < -0.39 is 11.6 Å². The number of nitrogens with one attached hydrogen (secondary N) is 1. The van der Waals surface area contributed by atoms with Gasteiger partial charge in [-0.2, -0.15) is 0 Å². The molecule has 1 aromatic rings. The molecule has 1 fully saturated rings. The van der Waals surface area contributed by atoms with Gasteiger partial charge >= 0.3 is 0 Å². The molecule has 0 bridgehead atoms. The summed E-state index contributed by atoms with van der Waals surface area (Å²) in [4.78, 5) is 0. The van der Waals surface area contributed by atoms with E-state index in [-0.39, 0.29) is 6.04 Å². The van der Waals surface area contributed by atoms with Crippen LogP contribution in [0.25, 0.3) is 0 Å². The zero-order valence-electron chi connectivity index (χ0n) is 11.8. The Morgan fingerprint density at radius 2 is 1.89 bits per heavy atom. The monoisotopic (exact) mass is 267 g/mol. The molecule has 1 saturated carbocycles. The van der Waals surface area contributed by atoms with Crippen LogP contribution in [0.1, 0.15) is 51.1 Å². The van der Waals surface area contributed by atoms with Gasteiger partial charge in [0.2, 0.25) is 0 Å². The Labute approximate surface area is 114 Å². The fraction of sp³-hybridized carbons (Fsp3) is 0.625. The second kappa shape index (κ2) is 6.47. The first-order valence-electron chi connectivity index (χ1n) is 7.30. The lowest BCUT2D eigenvalue weighted by Gasteiger charge is -2.33. The molecule has 1 aliphatic carbocycles. The van der Waals surface area contributed by atoms with Gasteiger partial charge in [-0.3, -0.25) is 0 Å². The third kappa shape index (κ3) is 3.33. The Morgan fingerprint density at radius 3 is 2.53 bits per heavy atom. The average molecular weight is 267 g/mol. The van der Waals surface area contributed by atoms with Gasteiger partial charge in [-0.15, -0.1) is 0 Å². The molecule has 0 aliphatic heterocycles. The van der Waals surface area contributed by atoms with Gasteiger partial charge in [0.1, 0.15) is 0 Å². The van der Waals surface area contributed by atoms with E-state index in [1.165, 1.54) is 18.9 Å². The van der Waals surface area contributed by atoms with Crippen LogP contribution in [0.3, 0.4) is 0 Å². The highest BCUT2D eigenvalue weighted by Gasteiger charge is 2.29. The zero-order valence-corrected chi connectivity index (χ0v) is 11.8. The van der Waals surface area contributed by atoms with E-state index in [1.54, 1.807) is 12.1 Å². The Bertz CT molecular complexity index is 411. The standard InChI is InChI=1S/C16H23F2N/c1-3-19-16(12-9-7-11(2)8-10-12)13-5-4-6-14(17)15(13)18/h4-6,11-12,16,19H,3,7-10H2,1-2H3. The van der Waals surface area contributed by atoms with Crippen LogP contribution < -0.4 is 5.32 Å². The fourth-order valence-corrected chi connectivity index (χ4v) is 3.13. The predicted molar refractivity (Wildman–Crippen MR) is 73.9 cm³/mol. The molecule has 1 nitrogen and oxygen atoms in total. The van der Waals surface area contributed by atoms with Crippen molar-refractivity contribution in [3.05, 3.63) is 35.4 Å². The second-order valence-corrected chi connectivity index (χ2v) is 5.70. The van der Waals surface area contributed by atoms with Gasteiger partial charge in [-0.25, -0.2) is 8.78 Å². The number of benzene rings is 1. The second-order valence-electron chi connectivity index (χ2n) is 5.70. The maximum Gasteiger partial charge on any atom is 0.163 e. The molecule has 1 N–H and O–H groups in total. The van der Waals surface area contributed by atoms with Crippen molar-refractivity contribution in [2.75, 3.05) is 6.54 Å². The largest absolute Gasteiger partial charge is 0.310 e. The molecule has 1 atom stereocenters. The van der Waals surface area contributed by atoms with Crippen LogP contribution in [0.2, 0.25) is 0 Å². The van der Waals surface area contributed by atoms with Crippen molar-refractivity contribution in [2.45, 2.75) is 45.6 Å². The molecule has 1 aliphatic rings. The smallest absolute Gasteiger partial charge is 0.163 e. The topological polar surface area (TPSA) is 12.0 Å². The summed E-state index contributed by atoms with van der Waals surface area (Å²) in [5, 5.41) is 3.34. The molecule has 0 aromatic heterocycles. The van der Waals surface area contributed by atoms with Crippen molar-refractivity contribution in [2.24, 2.45) is 11.8 Å². The summed E-state index contributed by atoms with van der Waals surface area (Å²) in [6, 6.07) is 4.44. The van der Waals surface area contributed by atoms with Gasteiger partial charge in [0.05, 0.1) is 0 Å². The van der Waals surface area contributed by atoms with E-state index in [0.717, 1.165) is 25.3 Å². The van der Waals surface area contributed by atoms with Gasteiger partial charge < -0.3 is 5.32 Å². The summed E-state index contributed by atoms with van der Waals surface area (Å²) < 4.78 is 27.4. The average Bonchev–Trinajstić information content (AvgIpc) is 2.41. The van der Waals surface area contributed by atoms with Gasteiger partial charge in [0.25, 0.3) is 0 Å². The summed E-state index contributed by atoms with van der Waals surface area (Å²) in [5.74, 6) is -0.264. The molecule has 1 unspecified atom stereocenters. The van der Waals surface area contributed by atoms with Gasteiger partial charge in [-0.05, 0) is 37.3 Å². The number of hydrogen-bond acceptors (Lipinski definition) is 1. The van der Waals surface area contributed by atoms with E-state index in [4.69, 9.17) is 0 Å². The van der Waals surface area contributed by atoms with E-state index in [9.17, 15) is 8.78 Å². The summed E-state index contributed by atoms with van der Waals surface area (Å²) >= 11 is 0. The van der Waals surface area contributed by atoms with Crippen LogP contribution in [-0.4, -0.2) is 6.54 Å². The molecule has 2 rings (SSSR count). The molecule has 0 saturated heterocycles. The first-order valence-corrected chi connectivity index (χ1v) is 7.30. The molecule has 3 heteroatoms. The lowest BCUT2D eigenvalue weighted by molar-refractivity contribution is 0.229. The van der Waals surface area contributed by atoms with Crippen molar-refractivity contribution in [3.63, 3.8) is 0 Å². The molecule has 106 valence electrons. The lowest BCUT2D eigenvalue weighted by atomic mass is 9.77. The third-order valence-corrected chi connectivity index (χ3v) is 4.27. The van der Waals surface area contributed by atoms with Crippen molar-refractivity contribution < 1.29 is 8.78 Å². The first kappa shape index (κ1) is 14.4. The summed E-state index contributed by atoms with van der Waals surface area (Å²) in [6.07, 6.45) is 4.55. The summed E-state index contributed by atoms with van der Waals surface area (Å²) in [6.45, 7) is 5.05. The van der Waals surface area contributed by atoms with Crippen LogP contribution in [-0.2, 0) is 0 Å². The van der Waals surface area contributed by atoms with E-state index >= 15 is 0 Å². The molecule has 0 spiro atoms. The van der Waals surface area contributed by atoms with Crippen molar-refractivity contribution >= 4 is 0 Å². The van der Waals surface area contributed by atoms with E-state index in [1.807, 2.05) is 6.92 Å². The molecule has 0 amide bonds. The van der Waals surface area contributed by atoms with E-state index in [2.05, 4.69) is 12.2 Å². The van der Waals surface area contributed by atoms with Crippen LogP contribution in [0.15, 0.2) is 18.2 Å². The van der Waals surface area contributed by atoms with E-state index in [0.29, 0.717) is 11.5 Å². The zero-order chi connectivity index (χ0) is 13.8. The highest BCUT2D eigenvalue weighted by Crippen LogP contribution is 2.37. The van der Waals surface area contributed by atoms with Crippen LogP contribution >= 0.6 is 0 Å². The van der Waals surface area contributed by atoms with Crippen molar-refractivity contribution in [1.82, 2.24) is 5.32 Å². The third-order valence-electron chi connectivity index (χ3n) is 4.27. The molecule has 19 heavy (non-hydrogen) atoms. The number of hydrogen-bond donors (Lipinski definition) is 1. The van der Waals surface area contributed by atoms with Crippen molar-refractivity contribution in [3.8, 4) is 0 Å². The minimum absolute atomic E-state index is 0.0619. The van der Waals surface area contributed by atoms with Gasteiger partial charge in [-0.1, -0.05) is 38.8 Å². The number of halogens is 2. The molecule has 0 radical (unpaired) electrons. The molecular weight excluding hydrogens is 244 g/mol. The van der Waals surface area contributed by atoms with Crippen molar-refractivity contribution in [1.29, 1.82) is 0 Å². The Morgan fingerprint density at radius 1 is 1.21 bits per heavy atom. The lowest BCUT2D eigenvalue weighted by Crippen LogP contribution is -2.31. The Balaban J connectivity index is 2.22. The molecular formula is C16H23F2N. The minimum Gasteiger partial charge on any atom is -0.310 e. The highest BCUT2D eigenvalue weighted by atomic mass is 19.2. The maximum absolute atomic E-state index is 14.0. The normalized spacial score (nSPS) is 25.3. The number of rotatable bonds is 4. The van der Waals surface area contributed by atoms with Crippen LogP contribution in [0, 0.1) is 23.5 Å². The van der Waals surface area contributed by atoms with Crippen LogP contribution in [0.5, 0.6) is 0 Å². The van der Waals surface area contributed by atoms with Crippen LogP contribution in [0.4, 0.5) is 8.78 Å². The predicted octanol–water partition coefficient (Wildman–Crippen LogP) is 4.44. The van der Waals surface area contributed by atoms with Gasteiger partial charge in [0.15, 0.2) is 11.6 Å². The molecule has 1 aromatic carbocycles. The quantitative estimate of drug-likeness (QED) is 0.850. The highest BCUT2D eigenvalue weighted by molar-refractivity contribution is 5.23.